The van der Waals surface area contributed by atoms with Crippen LogP contribution in [-0.2, 0) is 12.6 Å². The number of alkyl halides is 3. The molecule has 0 bridgehead atoms. The van der Waals surface area contributed by atoms with Gasteiger partial charge in [-0.2, -0.15) is 13.2 Å². The highest BCUT2D eigenvalue weighted by molar-refractivity contribution is 5.96. The molecule has 0 amide bonds. The average molecular weight is 319 g/mol. The van der Waals surface area contributed by atoms with Crippen LogP contribution in [0.15, 0.2) is 48.5 Å². The molecule has 2 aromatic rings. The number of para-hydroxylation sites is 1. The Balaban J connectivity index is 1.66. The van der Waals surface area contributed by atoms with Gasteiger partial charge >= 0.3 is 6.18 Å². The predicted octanol–water partition coefficient (Wildman–Crippen LogP) is 4.71. The molecule has 1 aliphatic heterocycles. The van der Waals surface area contributed by atoms with Crippen LogP contribution >= 0.6 is 0 Å². The largest absolute Gasteiger partial charge is 0.416 e. The van der Waals surface area contributed by atoms with Gasteiger partial charge in [-0.3, -0.25) is 4.79 Å². The zero-order chi connectivity index (χ0) is 16.4. The molecule has 3 rings (SSSR count). The highest BCUT2D eigenvalue weighted by Crippen LogP contribution is 2.30. The van der Waals surface area contributed by atoms with E-state index in [0.717, 1.165) is 30.7 Å². The Morgan fingerprint density at radius 1 is 1.09 bits per heavy atom. The van der Waals surface area contributed by atoms with Gasteiger partial charge in [0.1, 0.15) is 0 Å². The molecular formula is C18H16F3NO. The van der Waals surface area contributed by atoms with Gasteiger partial charge in [-0.05, 0) is 36.6 Å². The van der Waals surface area contributed by atoms with Crippen LogP contribution < -0.4 is 5.32 Å². The van der Waals surface area contributed by atoms with E-state index in [1.54, 1.807) is 0 Å². The molecule has 1 heterocycles. The fourth-order valence-electron chi connectivity index (χ4n) is 2.84. The molecule has 0 saturated heterocycles. The number of carbonyl (C=O) groups is 1. The number of hydrogen-bond acceptors (Lipinski definition) is 2. The number of ketones is 1. The van der Waals surface area contributed by atoms with E-state index in [0.29, 0.717) is 5.56 Å². The van der Waals surface area contributed by atoms with Gasteiger partial charge in [0.15, 0.2) is 5.78 Å². The Bertz CT molecular complexity index is 707. The van der Waals surface area contributed by atoms with Crippen molar-refractivity contribution in [1.29, 1.82) is 0 Å². The zero-order valence-electron chi connectivity index (χ0n) is 12.4. The fraction of sp³-hybridized carbons (Fsp3) is 0.278. The number of nitrogens with one attached hydrogen (secondary N) is 1. The first kappa shape index (κ1) is 15.6. The minimum absolute atomic E-state index is 0.0136. The molecule has 0 radical (unpaired) electrons. The molecule has 0 spiro atoms. The Hall–Kier alpha value is -2.30. The van der Waals surface area contributed by atoms with E-state index in [1.165, 1.54) is 17.7 Å². The minimum Gasteiger partial charge on any atom is -0.382 e. The molecule has 2 nitrogen and oxygen atoms in total. The second kappa shape index (κ2) is 6.07. The zero-order valence-corrected chi connectivity index (χ0v) is 12.4. The molecule has 1 N–H and O–H groups in total. The predicted molar refractivity (Wildman–Crippen MR) is 82.6 cm³/mol. The lowest BCUT2D eigenvalue weighted by Gasteiger charge is -2.26. The van der Waals surface area contributed by atoms with Crippen molar-refractivity contribution < 1.29 is 18.0 Å². The van der Waals surface area contributed by atoms with Crippen molar-refractivity contribution in [3.8, 4) is 0 Å². The summed E-state index contributed by atoms with van der Waals surface area (Å²) in [6.07, 6.45) is -2.37. The molecule has 23 heavy (non-hydrogen) atoms. The summed E-state index contributed by atoms with van der Waals surface area (Å²) >= 11 is 0. The van der Waals surface area contributed by atoms with Crippen LogP contribution in [-0.4, -0.2) is 11.8 Å². The average Bonchev–Trinajstić information content (AvgIpc) is 2.54. The van der Waals surface area contributed by atoms with Crippen LogP contribution in [0.4, 0.5) is 18.9 Å². The van der Waals surface area contributed by atoms with Crippen molar-refractivity contribution in [1.82, 2.24) is 0 Å². The first-order valence-corrected chi connectivity index (χ1v) is 7.48. The maximum Gasteiger partial charge on any atom is 0.416 e. The van der Waals surface area contributed by atoms with Crippen LogP contribution in [0, 0.1) is 0 Å². The molecule has 2 aromatic carbocycles. The van der Waals surface area contributed by atoms with E-state index >= 15 is 0 Å². The summed E-state index contributed by atoms with van der Waals surface area (Å²) in [6.45, 7) is 0. The highest BCUT2D eigenvalue weighted by Gasteiger charge is 2.30. The van der Waals surface area contributed by atoms with Gasteiger partial charge in [-0.25, -0.2) is 0 Å². The Morgan fingerprint density at radius 3 is 2.48 bits per heavy atom. The lowest BCUT2D eigenvalue weighted by Crippen LogP contribution is -2.28. The maximum absolute atomic E-state index is 12.5. The minimum atomic E-state index is -4.38. The number of carbonyl (C=O) groups excluding carboxylic acids is 1. The third-order valence-electron chi connectivity index (χ3n) is 4.11. The van der Waals surface area contributed by atoms with Gasteiger partial charge in [0, 0.05) is 23.7 Å². The Morgan fingerprint density at radius 2 is 1.78 bits per heavy atom. The molecule has 1 atom stereocenters. The number of rotatable bonds is 3. The number of Topliss-reactive ketones (excluding diaryl/α,β-unsaturated/α-hetero) is 1. The monoisotopic (exact) mass is 319 g/mol. The van der Waals surface area contributed by atoms with Gasteiger partial charge < -0.3 is 5.32 Å². The molecule has 0 aliphatic carbocycles. The van der Waals surface area contributed by atoms with Crippen molar-refractivity contribution in [2.45, 2.75) is 31.5 Å². The number of halogens is 3. The van der Waals surface area contributed by atoms with E-state index in [4.69, 9.17) is 0 Å². The first-order valence-electron chi connectivity index (χ1n) is 7.48. The summed E-state index contributed by atoms with van der Waals surface area (Å²) in [6, 6.07) is 12.4. The summed E-state index contributed by atoms with van der Waals surface area (Å²) in [7, 11) is 0. The summed E-state index contributed by atoms with van der Waals surface area (Å²) in [5.41, 5.74) is 1.84. The second-order valence-electron chi connectivity index (χ2n) is 5.74. The van der Waals surface area contributed by atoms with Crippen molar-refractivity contribution in [2.75, 3.05) is 5.32 Å². The van der Waals surface area contributed by atoms with E-state index in [-0.39, 0.29) is 18.2 Å². The molecule has 0 aromatic heterocycles. The third kappa shape index (κ3) is 3.55. The summed E-state index contributed by atoms with van der Waals surface area (Å²) in [5, 5.41) is 3.33. The van der Waals surface area contributed by atoms with Gasteiger partial charge in [-0.1, -0.05) is 30.3 Å². The lowest BCUT2D eigenvalue weighted by molar-refractivity contribution is -0.137. The Labute approximate surface area is 132 Å². The van der Waals surface area contributed by atoms with E-state index in [1.807, 2.05) is 18.2 Å². The first-order chi connectivity index (χ1) is 10.9. The van der Waals surface area contributed by atoms with E-state index in [2.05, 4.69) is 11.4 Å². The molecule has 0 unspecified atom stereocenters. The number of aryl methyl sites for hydroxylation is 1. The molecule has 0 fully saturated rings. The molecule has 1 aliphatic rings. The van der Waals surface area contributed by atoms with E-state index < -0.39 is 11.7 Å². The molecule has 120 valence electrons. The van der Waals surface area contributed by atoms with E-state index in [9.17, 15) is 18.0 Å². The number of hydrogen-bond donors (Lipinski definition) is 1. The van der Waals surface area contributed by atoms with Crippen molar-refractivity contribution in [3.63, 3.8) is 0 Å². The van der Waals surface area contributed by atoms with Crippen molar-refractivity contribution >= 4 is 11.5 Å². The van der Waals surface area contributed by atoms with Gasteiger partial charge in [0.05, 0.1) is 5.56 Å². The third-order valence-corrected chi connectivity index (χ3v) is 4.11. The Kier molecular flexibility index (Phi) is 4.11. The van der Waals surface area contributed by atoms with Gasteiger partial charge in [0.25, 0.3) is 0 Å². The molecule has 5 heteroatoms. The number of benzene rings is 2. The van der Waals surface area contributed by atoms with Crippen LogP contribution in [0.5, 0.6) is 0 Å². The smallest absolute Gasteiger partial charge is 0.382 e. The van der Waals surface area contributed by atoms with Crippen molar-refractivity contribution in [2.24, 2.45) is 0 Å². The summed E-state index contributed by atoms with van der Waals surface area (Å²) in [5.74, 6) is -0.143. The highest BCUT2D eigenvalue weighted by atomic mass is 19.4. The SMILES string of the molecule is O=C(C[C@H]1CCc2ccccc2N1)c1ccc(C(F)(F)F)cc1. The van der Waals surface area contributed by atoms with Gasteiger partial charge in [-0.15, -0.1) is 0 Å². The van der Waals surface area contributed by atoms with Crippen molar-refractivity contribution in [3.05, 3.63) is 65.2 Å². The summed E-state index contributed by atoms with van der Waals surface area (Å²) in [4.78, 5) is 12.3. The topological polar surface area (TPSA) is 29.1 Å². The molecular weight excluding hydrogens is 303 g/mol. The quantitative estimate of drug-likeness (QED) is 0.831. The number of fused-ring (bicyclic) bond motifs is 1. The second-order valence-corrected chi connectivity index (χ2v) is 5.74. The standard InChI is InChI=1S/C18H16F3NO/c19-18(20,21)14-8-5-13(6-9-14)17(23)11-15-10-7-12-3-1-2-4-16(12)22-15/h1-6,8-9,15,22H,7,10-11H2/t15-/m1/s1. The maximum atomic E-state index is 12.5. The normalized spacial score (nSPS) is 17.3. The van der Waals surface area contributed by atoms with Crippen LogP contribution in [0.25, 0.3) is 0 Å². The fourth-order valence-corrected chi connectivity index (χ4v) is 2.84. The number of anilines is 1. The molecule has 0 saturated carbocycles. The lowest BCUT2D eigenvalue weighted by atomic mass is 9.93. The van der Waals surface area contributed by atoms with Crippen LogP contribution in [0.1, 0.15) is 34.3 Å². The summed E-state index contributed by atoms with van der Waals surface area (Å²) < 4.78 is 37.6. The van der Waals surface area contributed by atoms with Crippen LogP contribution in [0.2, 0.25) is 0 Å². The van der Waals surface area contributed by atoms with Crippen LogP contribution in [0.3, 0.4) is 0 Å². The van der Waals surface area contributed by atoms with Gasteiger partial charge in [0.2, 0.25) is 0 Å².